The van der Waals surface area contributed by atoms with Gasteiger partial charge in [0.2, 0.25) is 0 Å². The fourth-order valence-corrected chi connectivity index (χ4v) is 3.86. The minimum Gasteiger partial charge on any atom is -0.462 e. The molecule has 0 amide bonds. The van der Waals surface area contributed by atoms with Crippen molar-refractivity contribution in [3.63, 3.8) is 0 Å². The monoisotopic (exact) mass is 410 g/mol. The molecule has 0 bridgehead atoms. The molecule has 0 spiro atoms. The zero-order chi connectivity index (χ0) is 22.3. The molecular weight excluding hydrogens is 372 g/mol. The van der Waals surface area contributed by atoms with Gasteiger partial charge in [-0.3, -0.25) is 9.59 Å². The number of hydrogen-bond donors (Lipinski definition) is 3. The van der Waals surface area contributed by atoms with Crippen LogP contribution in [0.5, 0.6) is 0 Å². The number of rotatable bonds is 2. The standard InChI is InChI=1S/C23H38O6/c1-7-21-15(4)10-13(2)8-9-19(25)14(3)11-18(17(6)24)23(28)16(5)20(26)12-22(27)29-21/h8-10,14-18,20-21,23-24,26,28H,7,11-12H2,1-6H3. The van der Waals surface area contributed by atoms with Crippen LogP contribution in [-0.4, -0.2) is 51.5 Å². The summed E-state index contributed by atoms with van der Waals surface area (Å²) >= 11 is 0. The number of aliphatic hydroxyl groups is 3. The average molecular weight is 411 g/mol. The van der Waals surface area contributed by atoms with Crippen molar-refractivity contribution >= 4 is 11.8 Å². The van der Waals surface area contributed by atoms with Crippen LogP contribution in [0.1, 0.15) is 60.8 Å². The summed E-state index contributed by atoms with van der Waals surface area (Å²) in [6.07, 6.45) is 2.52. The van der Waals surface area contributed by atoms with Gasteiger partial charge in [-0.1, -0.05) is 45.4 Å². The Kier molecular flexibility index (Phi) is 10.2. The zero-order valence-corrected chi connectivity index (χ0v) is 18.5. The fourth-order valence-electron chi connectivity index (χ4n) is 3.86. The van der Waals surface area contributed by atoms with Crippen molar-refractivity contribution in [1.29, 1.82) is 0 Å². The van der Waals surface area contributed by atoms with Crippen molar-refractivity contribution in [3.8, 4) is 0 Å². The lowest BCUT2D eigenvalue weighted by Crippen LogP contribution is -2.42. The predicted octanol–water partition coefficient (Wildman–Crippen LogP) is 2.80. The smallest absolute Gasteiger partial charge is 0.308 e. The third-order valence-electron chi connectivity index (χ3n) is 6.00. The molecule has 0 aromatic carbocycles. The van der Waals surface area contributed by atoms with E-state index < -0.39 is 42.0 Å². The quantitative estimate of drug-likeness (QED) is 0.605. The van der Waals surface area contributed by atoms with Gasteiger partial charge in [0.25, 0.3) is 0 Å². The first kappa shape index (κ1) is 25.5. The lowest BCUT2D eigenvalue weighted by molar-refractivity contribution is -0.155. The van der Waals surface area contributed by atoms with E-state index in [0.29, 0.717) is 6.42 Å². The molecule has 0 aromatic heterocycles. The first-order valence-electron chi connectivity index (χ1n) is 10.6. The van der Waals surface area contributed by atoms with Gasteiger partial charge in [0.1, 0.15) is 6.10 Å². The van der Waals surface area contributed by atoms with E-state index in [2.05, 4.69) is 0 Å². The van der Waals surface area contributed by atoms with Crippen molar-refractivity contribution in [1.82, 2.24) is 0 Å². The number of carbonyl (C=O) groups is 2. The highest BCUT2D eigenvalue weighted by molar-refractivity contribution is 5.91. The molecule has 0 aromatic rings. The number of ketones is 1. The molecule has 1 aliphatic rings. The maximum atomic E-state index is 12.5. The summed E-state index contributed by atoms with van der Waals surface area (Å²) in [4.78, 5) is 24.9. The van der Waals surface area contributed by atoms with Crippen LogP contribution in [0.2, 0.25) is 0 Å². The second-order valence-corrected chi connectivity index (χ2v) is 8.60. The summed E-state index contributed by atoms with van der Waals surface area (Å²) < 4.78 is 5.56. The Morgan fingerprint density at radius 2 is 1.79 bits per heavy atom. The first-order chi connectivity index (χ1) is 13.5. The van der Waals surface area contributed by atoms with Crippen LogP contribution in [0.25, 0.3) is 0 Å². The number of hydrogen-bond acceptors (Lipinski definition) is 6. The van der Waals surface area contributed by atoms with Crippen LogP contribution in [-0.2, 0) is 14.3 Å². The Bertz CT molecular complexity index is 608. The van der Waals surface area contributed by atoms with E-state index >= 15 is 0 Å². The second-order valence-electron chi connectivity index (χ2n) is 8.60. The van der Waals surface area contributed by atoms with E-state index in [-0.39, 0.29) is 30.6 Å². The molecule has 0 fully saturated rings. The SMILES string of the molecule is CCC1OC(=O)CC(O)C(C)C(O)C(C(C)O)CC(C)C(=O)C=CC(C)=CC1C. The van der Waals surface area contributed by atoms with Gasteiger partial charge in [-0.05, 0) is 32.8 Å². The number of aliphatic hydroxyl groups excluding tert-OH is 3. The van der Waals surface area contributed by atoms with Crippen LogP contribution in [0.3, 0.4) is 0 Å². The third kappa shape index (κ3) is 7.68. The Morgan fingerprint density at radius 3 is 2.34 bits per heavy atom. The van der Waals surface area contributed by atoms with Crippen molar-refractivity contribution in [2.45, 2.75) is 85.2 Å². The molecular formula is C23H38O6. The van der Waals surface area contributed by atoms with Gasteiger partial charge < -0.3 is 20.1 Å². The molecule has 0 saturated heterocycles. The molecule has 1 heterocycles. The van der Waals surface area contributed by atoms with Crippen LogP contribution in [0.4, 0.5) is 0 Å². The molecule has 8 atom stereocenters. The van der Waals surface area contributed by atoms with Gasteiger partial charge in [0.05, 0.1) is 24.7 Å². The molecule has 29 heavy (non-hydrogen) atoms. The van der Waals surface area contributed by atoms with E-state index in [1.165, 1.54) is 6.08 Å². The van der Waals surface area contributed by atoms with E-state index in [0.717, 1.165) is 5.57 Å². The summed E-state index contributed by atoms with van der Waals surface area (Å²) in [6.45, 7) is 10.7. The Hall–Kier alpha value is -1.50. The topological polar surface area (TPSA) is 104 Å². The summed E-state index contributed by atoms with van der Waals surface area (Å²) in [6, 6.07) is 0. The molecule has 0 saturated carbocycles. The first-order valence-corrected chi connectivity index (χ1v) is 10.6. The average Bonchev–Trinajstić information content (AvgIpc) is 2.65. The maximum Gasteiger partial charge on any atom is 0.308 e. The minimum absolute atomic E-state index is 0.0474. The van der Waals surface area contributed by atoms with E-state index in [1.807, 2.05) is 26.8 Å². The second kappa shape index (κ2) is 11.6. The van der Waals surface area contributed by atoms with Crippen molar-refractivity contribution in [2.75, 3.05) is 0 Å². The molecule has 6 nitrogen and oxygen atoms in total. The number of carbonyl (C=O) groups excluding carboxylic acids is 2. The number of esters is 1. The Balaban J connectivity index is 3.24. The zero-order valence-electron chi connectivity index (χ0n) is 18.5. The third-order valence-corrected chi connectivity index (χ3v) is 6.00. The van der Waals surface area contributed by atoms with Gasteiger partial charge in [-0.25, -0.2) is 0 Å². The minimum atomic E-state index is -1.11. The van der Waals surface area contributed by atoms with Crippen LogP contribution in [0.15, 0.2) is 23.8 Å². The van der Waals surface area contributed by atoms with E-state index in [9.17, 15) is 24.9 Å². The largest absolute Gasteiger partial charge is 0.462 e. The molecule has 3 N–H and O–H groups in total. The molecule has 166 valence electrons. The number of ether oxygens (including phenoxy) is 1. The molecule has 0 aliphatic carbocycles. The van der Waals surface area contributed by atoms with Crippen LogP contribution < -0.4 is 0 Å². The molecule has 8 unspecified atom stereocenters. The van der Waals surface area contributed by atoms with Gasteiger partial charge in [0, 0.05) is 23.7 Å². The maximum absolute atomic E-state index is 12.5. The highest BCUT2D eigenvalue weighted by Crippen LogP contribution is 2.28. The Morgan fingerprint density at radius 1 is 1.17 bits per heavy atom. The molecule has 1 rings (SSSR count). The summed E-state index contributed by atoms with van der Waals surface area (Å²) in [7, 11) is 0. The summed E-state index contributed by atoms with van der Waals surface area (Å²) in [5.41, 5.74) is 0.889. The predicted molar refractivity (Wildman–Crippen MR) is 112 cm³/mol. The summed E-state index contributed by atoms with van der Waals surface area (Å²) in [5.74, 6) is -2.29. The van der Waals surface area contributed by atoms with Crippen molar-refractivity contribution in [2.24, 2.45) is 23.7 Å². The Labute approximate surface area is 174 Å². The molecule has 0 radical (unpaired) electrons. The molecule has 1 aliphatic heterocycles. The number of allylic oxidation sites excluding steroid dienone is 3. The number of cyclic esters (lactones) is 1. The highest BCUT2D eigenvalue weighted by atomic mass is 16.5. The van der Waals surface area contributed by atoms with E-state index in [4.69, 9.17) is 4.74 Å². The lowest BCUT2D eigenvalue weighted by Gasteiger charge is -2.33. The van der Waals surface area contributed by atoms with E-state index in [1.54, 1.807) is 26.8 Å². The van der Waals surface area contributed by atoms with Gasteiger partial charge in [0.15, 0.2) is 5.78 Å². The van der Waals surface area contributed by atoms with Gasteiger partial charge >= 0.3 is 5.97 Å². The van der Waals surface area contributed by atoms with Crippen molar-refractivity contribution < 1.29 is 29.6 Å². The van der Waals surface area contributed by atoms with Crippen LogP contribution >= 0.6 is 0 Å². The summed E-state index contributed by atoms with van der Waals surface area (Å²) in [5, 5.41) is 31.4. The van der Waals surface area contributed by atoms with Gasteiger partial charge in [-0.2, -0.15) is 0 Å². The molecule has 6 heteroatoms. The highest BCUT2D eigenvalue weighted by Gasteiger charge is 2.35. The fraction of sp³-hybridized carbons (Fsp3) is 0.739. The van der Waals surface area contributed by atoms with Crippen LogP contribution in [0, 0.1) is 23.7 Å². The van der Waals surface area contributed by atoms with Gasteiger partial charge in [-0.15, -0.1) is 0 Å². The normalized spacial score (nSPS) is 37.0. The lowest BCUT2D eigenvalue weighted by atomic mass is 9.79. The van der Waals surface area contributed by atoms with Crippen molar-refractivity contribution in [3.05, 3.63) is 23.8 Å².